The van der Waals surface area contributed by atoms with Crippen LogP contribution >= 0.6 is 0 Å². The van der Waals surface area contributed by atoms with E-state index in [0.29, 0.717) is 6.42 Å². The topological polar surface area (TPSA) is 33.0 Å². The van der Waals surface area contributed by atoms with Gasteiger partial charge in [0, 0.05) is 12.5 Å². The molecule has 1 aromatic carbocycles. The molecule has 0 unspecified atom stereocenters. The molecule has 0 N–H and O–H groups in total. The van der Waals surface area contributed by atoms with Crippen LogP contribution in [-0.2, 0) is 16.6 Å². The highest BCUT2D eigenvalue weighted by Gasteiger charge is 2.45. The van der Waals surface area contributed by atoms with Gasteiger partial charge in [-0.1, -0.05) is 24.3 Å². The summed E-state index contributed by atoms with van der Waals surface area (Å²) < 4.78 is 5.27. The molecule has 78 valence electrons. The van der Waals surface area contributed by atoms with Crippen LogP contribution in [0.5, 0.6) is 0 Å². The van der Waals surface area contributed by atoms with Crippen molar-refractivity contribution in [3.63, 3.8) is 0 Å². The summed E-state index contributed by atoms with van der Waals surface area (Å²) in [5.74, 6) is 0. The normalized spacial score (nSPS) is 17.1. The van der Waals surface area contributed by atoms with Gasteiger partial charge < -0.3 is 4.74 Å². The van der Waals surface area contributed by atoms with E-state index in [0.717, 1.165) is 12.2 Å². The van der Waals surface area contributed by atoms with Crippen molar-refractivity contribution < 1.29 is 4.74 Å². The third-order valence-electron chi connectivity index (χ3n) is 3.13. The maximum absolute atomic E-state index is 8.78. The number of hydrogen-bond donors (Lipinski definition) is 0. The predicted octanol–water partition coefficient (Wildman–Crippen LogP) is 2.43. The van der Waals surface area contributed by atoms with Gasteiger partial charge in [0.05, 0.1) is 19.1 Å². The number of hydrogen-bond acceptors (Lipinski definition) is 2. The van der Waals surface area contributed by atoms with E-state index >= 15 is 0 Å². The van der Waals surface area contributed by atoms with Crippen LogP contribution in [-0.4, -0.2) is 13.7 Å². The van der Waals surface area contributed by atoms with Gasteiger partial charge in [-0.05, 0) is 24.0 Å². The fourth-order valence-corrected chi connectivity index (χ4v) is 2.20. The lowest BCUT2D eigenvalue weighted by Gasteiger charge is -2.17. The maximum atomic E-state index is 8.78. The Morgan fingerprint density at radius 2 is 2.13 bits per heavy atom. The number of rotatable bonds is 4. The number of methoxy groups -OCH3 is 1. The molecule has 1 aliphatic carbocycles. The lowest BCUT2D eigenvalue weighted by atomic mass is 9.91. The van der Waals surface area contributed by atoms with Gasteiger partial charge in [0.1, 0.15) is 0 Å². The van der Waals surface area contributed by atoms with Crippen molar-refractivity contribution in [1.82, 2.24) is 0 Å². The Bertz CT molecular complexity index is 388. The molecule has 1 aliphatic rings. The summed E-state index contributed by atoms with van der Waals surface area (Å²) in [5.41, 5.74) is 2.69. The monoisotopic (exact) mass is 201 g/mol. The summed E-state index contributed by atoms with van der Waals surface area (Å²) in [6, 6.07) is 10.5. The molecule has 1 aromatic rings. The van der Waals surface area contributed by atoms with Gasteiger partial charge in [0.15, 0.2) is 0 Å². The third kappa shape index (κ3) is 1.88. The first kappa shape index (κ1) is 10.2. The molecule has 1 saturated carbocycles. The van der Waals surface area contributed by atoms with Gasteiger partial charge in [-0.25, -0.2) is 0 Å². The van der Waals surface area contributed by atoms with Gasteiger partial charge in [-0.15, -0.1) is 0 Å². The zero-order chi connectivity index (χ0) is 10.7. The minimum Gasteiger partial charge on any atom is -0.384 e. The molecule has 0 saturated heterocycles. The minimum atomic E-state index is 0.211. The fraction of sp³-hybridized carbons (Fsp3) is 0.462. The molecule has 0 amide bonds. The van der Waals surface area contributed by atoms with Gasteiger partial charge >= 0.3 is 0 Å². The molecule has 0 bridgehead atoms. The maximum Gasteiger partial charge on any atom is 0.0669 e. The lowest BCUT2D eigenvalue weighted by molar-refractivity contribution is 0.171. The largest absolute Gasteiger partial charge is 0.384 e. The Morgan fingerprint density at radius 1 is 1.40 bits per heavy atom. The Morgan fingerprint density at radius 3 is 2.73 bits per heavy atom. The van der Waals surface area contributed by atoms with E-state index in [9.17, 15) is 0 Å². The molecule has 2 rings (SSSR count). The molecule has 0 aromatic heterocycles. The van der Waals surface area contributed by atoms with Crippen molar-refractivity contribution in [1.29, 1.82) is 5.26 Å². The van der Waals surface area contributed by atoms with Crippen LogP contribution in [0.4, 0.5) is 0 Å². The average Bonchev–Trinajstić information content (AvgIpc) is 3.01. The van der Waals surface area contributed by atoms with E-state index in [2.05, 4.69) is 12.1 Å². The summed E-state index contributed by atoms with van der Waals surface area (Å²) in [6.45, 7) is 0.773. The first-order valence-electron chi connectivity index (χ1n) is 5.27. The van der Waals surface area contributed by atoms with E-state index in [4.69, 9.17) is 10.00 Å². The van der Waals surface area contributed by atoms with Crippen LogP contribution < -0.4 is 0 Å². The molecular weight excluding hydrogens is 186 g/mol. The third-order valence-corrected chi connectivity index (χ3v) is 3.13. The van der Waals surface area contributed by atoms with Gasteiger partial charge in [0.2, 0.25) is 0 Å². The molecule has 0 spiro atoms. The van der Waals surface area contributed by atoms with Crippen molar-refractivity contribution in [3.05, 3.63) is 35.4 Å². The molecule has 15 heavy (non-hydrogen) atoms. The summed E-state index contributed by atoms with van der Waals surface area (Å²) in [6.07, 6.45) is 2.87. The smallest absolute Gasteiger partial charge is 0.0669 e. The van der Waals surface area contributed by atoms with Gasteiger partial charge in [0.25, 0.3) is 0 Å². The van der Waals surface area contributed by atoms with Crippen molar-refractivity contribution >= 4 is 0 Å². The second-order valence-electron chi connectivity index (χ2n) is 4.21. The molecule has 0 aliphatic heterocycles. The Hall–Kier alpha value is -1.33. The van der Waals surface area contributed by atoms with Gasteiger partial charge in [-0.3, -0.25) is 0 Å². The zero-order valence-electron chi connectivity index (χ0n) is 8.99. The average molecular weight is 201 g/mol. The summed E-state index contributed by atoms with van der Waals surface area (Å²) >= 11 is 0. The Balaban J connectivity index is 2.31. The number of benzene rings is 1. The van der Waals surface area contributed by atoms with Crippen LogP contribution in [0.15, 0.2) is 24.3 Å². The van der Waals surface area contributed by atoms with Crippen LogP contribution in [0.1, 0.15) is 24.0 Å². The Kier molecular flexibility index (Phi) is 2.75. The predicted molar refractivity (Wildman–Crippen MR) is 58.5 cm³/mol. The highest BCUT2D eigenvalue weighted by molar-refractivity contribution is 5.40. The van der Waals surface area contributed by atoms with Crippen LogP contribution in [0.3, 0.4) is 0 Å². The van der Waals surface area contributed by atoms with Crippen LogP contribution in [0.2, 0.25) is 0 Å². The molecule has 2 heteroatoms. The molecule has 0 atom stereocenters. The quantitative estimate of drug-likeness (QED) is 0.749. The molecule has 0 heterocycles. The fourth-order valence-electron chi connectivity index (χ4n) is 2.20. The highest BCUT2D eigenvalue weighted by atomic mass is 16.5. The second kappa shape index (κ2) is 4.04. The number of ether oxygens (including phenoxy) is 1. The van der Waals surface area contributed by atoms with E-state index < -0.39 is 0 Å². The second-order valence-corrected chi connectivity index (χ2v) is 4.21. The van der Waals surface area contributed by atoms with Crippen molar-refractivity contribution in [3.8, 4) is 6.07 Å². The lowest BCUT2D eigenvalue weighted by Crippen LogP contribution is -2.16. The molecular formula is C13H15NO. The Labute approximate surface area is 90.5 Å². The first-order valence-corrected chi connectivity index (χ1v) is 5.27. The van der Waals surface area contributed by atoms with E-state index in [-0.39, 0.29) is 5.41 Å². The zero-order valence-corrected chi connectivity index (χ0v) is 8.99. The first-order chi connectivity index (χ1) is 7.32. The van der Waals surface area contributed by atoms with E-state index in [1.807, 2.05) is 18.2 Å². The van der Waals surface area contributed by atoms with Gasteiger partial charge in [-0.2, -0.15) is 5.26 Å². The van der Waals surface area contributed by atoms with Crippen LogP contribution in [0, 0.1) is 11.3 Å². The SMILES string of the molecule is COCC1(c2ccccc2CC#N)CC1. The van der Waals surface area contributed by atoms with E-state index in [1.165, 1.54) is 18.4 Å². The standard InChI is InChI=1S/C13H15NO/c1-15-10-13(7-8-13)12-5-3-2-4-11(12)6-9-14/h2-5H,6-8,10H2,1H3. The highest BCUT2D eigenvalue weighted by Crippen LogP contribution is 2.49. The molecule has 1 fully saturated rings. The van der Waals surface area contributed by atoms with E-state index in [1.54, 1.807) is 7.11 Å². The number of nitriles is 1. The molecule has 0 radical (unpaired) electrons. The van der Waals surface area contributed by atoms with Crippen molar-refractivity contribution in [2.45, 2.75) is 24.7 Å². The van der Waals surface area contributed by atoms with Crippen LogP contribution in [0.25, 0.3) is 0 Å². The van der Waals surface area contributed by atoms with Crippen molar-refractivity contribution in [2.24, 2.45) is 0 Å². The minimum absolute atomic E-state index is 0.211. The number of nitrogens with zero attached hydrogens (tertiary/aromatic N) is 1. The summed E-state index contributed by atoms with van der Waals surface area (Å²) in [5, 5.41) is 8.78. The summed E-state index contributed by atoms with van der Waals surface area (Å²) in [7, 11) is 1.74. The molecule has 2 nitrogen and oxygen atoms in total. The van der Waals surface area contributed by atoms with Crippen molar-refractivity contribution in [2.75, 3.05) is 13.7 Å². The summed E-state index contributed by atoms with van der Waals surface area (Å²) in [4.78, 5) is 0.